The number of nitrogens with zero attached hydrogens (tertiary/aromatic N) is 1. The number of hydrogen-bond acceptors (Lipinski definition) is 4. The molecule has 1 aromatic heterocycles. The second-order valence-corrected chi connectivity index (χ2v) is 3.34. The van der Waals surface area contributed by atoms with Crippen LogP contribution in [0.1, 0.15) is 0 Å². The van der Waals surface area contributed by atoms with E-state index >= 15 is 0 Å². The first-order valence-electron chi connectivity index (χ1n) is 4.80. The average Bonchev–Trinajstić information content (AvgIpc) is 2.30. The molecular formula is C10H15N3O2S. The van der Waals surface area contributed by atoms with E-state index in [1.165, 1.54) is 0 Å². The Balaban J connectivity index is 2.49. The Morgan fingerprint density at radius 3 is 3.00 bits per heavy atom. The van der Waals surface area contributed by atoms with E-state index in [1.54, 1.807) is 26.5 Å². The lowest BCUT2D eigenvalue weighted by Crippen LogP contribution is -2.31. The zero-order valence-electron chi connectivity index (χ0n) is 9.32. The van der Waals surface area contributed by atoms with Crippen molar-refractivity contribution >= 4 is 23.1 Å². The minimum atomic E-state index is 0.494. The fourth-order valence-corrected chi connectivity index (χ4v) is 1.27. The molecule has 0 saturated heterocycles. The molecule has 16 heavy (non-hydrogen) atoms. The minimum absolute atomic E-state index is 0.494. The molecule has 0 fully saturated rings. The number of thiocarbonyl (C=S) groups is 1. The van der Waals surface area contributed by atoms with Gasteiger partial charge >= 0.3 is 0 Å². The number of anilines is 1. The maximum atomic E-state index is 5.13. The smallest absolute Gasteiger partial charge is 0.174 e. The number of rotatable bonds is 5. The van der Waals surface area contributed by atoms with Gasteiger partial charge in [-0.1, -0.05) is 0 Å². The van der Waals surface area contributed by atoms with E-state index in [-0.39, 0.29) is 0 Å². The van der Waals surface area contributed by atoms with E-state index in [2.05, 4.69) is 15.6 Å². The van der Waals surface area contributed by atoms with Crippen LogP contribution in [0.5, 0.6) is 5.75 Å². The maximum Gasteiger partial charge on any atom is 0.174 e. The molecule has 0 bridgehead atoms. The number of hydrogen-bond donors (Lipinski definition) is 2. The number of pyridine rings is 1. The van der Waals surface area contributed by atoms with Crippen molar-refractivity contribution in [3.05, 3.63) is 18.3 Å². The molecular weight excluding hydrogens is 226 g/mol. The van der Waals surface area contributed by atoms with Gasteiger partial charge in [-0.05, 0) is 24.4 Å². The lowest BCUT2D eigenvalue weighted by atomic mass is 10.4. The van der Waals surface area contributed by atoms with E-state index in [0.717, 1.165) is 0 Å². The molecule has 6 heteroatoms. The van der Waals surface area contributed by atoms with Crippen LogP contribution in [0.3, 0.4) is 0 Å². The highest BCUT2D eigenvalue weighted by Gasteiger charge is 2.04. The highest BCUT2D eigenvalue weighted by atomic mass is 32.1. The van der Waals surface area contributed by atoms with Gasteiger partial charge in [-0.2, -0.15) is 0 Å². The molecule has 0 aliphatic carbocycles. The number of aromatic nitrogens is 1. The molecule has 2 N–H and O–H groups in total. The third kappa shape index (κ3) is 4.00. The molecule has 0 atom stereocenters. The molecule has 5 nitrogen and oxygen atoms in total. The molecule has 0 aliphatic rings. The lowest BCUT2D eigenvalue weighted by Gasteiger charge is -2.11. The maximum absolute atomic E-state index is 5.13. The van der Waals surface area contributed by atoms with Gasteiger partial charge in [-0.3, -0.25) is 0 Å². The van der Waals surface area contributed by atoms with Crippen LogP contribution in [0.15, 0.2) is 18.3 Å². The number of nitrogens with one attached hydrogen (secondary N) is 2. The average molecular weight is 241 g/mol. The van der Waals surface area contributed by atoms with E-state index < -0.39 is 0 Å². The van der Waals surface area contributed by atoms with Crippen molar-refractivity contribution in [3.63, 3.8) is 0 Å². The van der Waals surface area contributed by atoms with Crippen LogP contribution >= 0.6 is 12.2 Å². The van der Waals surface area contributed by atoms with Gasteiger partial charge in [0.2, 0.25) is 0 Å². The third-order valence-electron chi connectivity index (χ3n) is 1.81. The standard InChI is InChI=1S/C10H15N3O2S/c1-14-7-6-12-10(16)13-9-8(15-2)4-3-5-11-9/h3-5H,6-7H2,1-2H3,(H2,11,12,13,16). The topological polar surface area (TPSA) is 55.4 Å². The van der Waals surface area contributed by atoms with Crippen LogP contribution in [0.2, 0.25) is 0 Å². The summed E-state index contributed by atoms with van der Waals surface area (Å²) in [5.41, 5.74) is 0. The summed E-state index contributed by atoms with van der Waals surface area (Å²) < 4.78 is 10.0. The van der Waals surface area contributed by atoms with Crippen molar-refractivity contribution in [2.24, 2.45) is 0 Å². The first-order valence-corrected chi connectivity index (χ1v) is 5.21. The van der Waals surface area contributed by atoms with Gasteiger partial charge in [0.25, 0.3) is 0 Å². The molecule has 1 rings (SSSR count). The summed E-state index contributed by atoms with van der Waals surface area (Å²) in [5.74, 6) is 1.25. The van der Waals surface area contributed by atoms with Crippen LogP contribution in [0.25, 0.3) is 0 Å². The normalized spacial score (nSPS) is 9.62. The van der Waals surface area contributed by atoms with Crippen LogP contribution < -0.4 is 15.4 Å². The van der Waals surface area contributed by atoms with Crippen molar-refractivity contribution < 1.29 is 9.47 Å². The van der Waals surface area contributed by atoms with Crippen molar-refractivity contribution in [3.8, 4) is 5.75 Å². The van der Waals surface area contributed by atoms with Crippen LogP contribution in [0, 0.1) is 0 Å². The number of ether oxygens (including phenoxy) is 2. The molecule has 1 heterocycles. The zero-order chi connectivity index (χ0) is 11.8. The van der Waals surface area contributed by atoms with Crippen molar-refractivity contribution in [1.82, 2.24) is 10.3 Å². The highest BCUT2D eigenvalue weighted by Crippen LogP contribution is 2.19. The van der Waals surface area contributed by atoms with Crippen molar-refractivity contribution in [2.75, 3.05) is 32.7 Å². The monoisotopic (exact) mass is 241 g/mol. The Morgan fingerprint density at radius 1 is 1.50 bits per heavy atom. The first-order chi connectivity index (χ1) is 7.77. The van der Waals surface area contributed by atoms with Crippen LogP contribution in [-0.2, 0) is 4.74 Å². The predicted molar refractivity (Wildman–Crippen MR) is 66.9 cm³/mol. The Labute approximate surface area is 100 Å². The quantitative estimate of drug-likeness (QED) is 0.593. The van der Waals surface area contributed by atoms with Crippen LogP contribution in [-0.4, -0.2) is 37.5 Å². The van der Waals surface area contributed by atoms with Gasteiger partial charge in [0.1, 0.15) is 0 Å². The lowest BCUT2D eigenvalue weighted by molar-refractivity contribution is 0.204. The number of methoxy groups -OCH3 is 2. The summed E-state index contributed by atoms with van der Waals surface area (Å²) in [6, 6.07) is 3.61. The zero-order valence-corrected chi connectivity index (χ0v) is 10.1. The SMILES string of the molecule is COCCNC(=S)Nc1ncccc1OC. The molecule has 0 spiro atoms. The van der Waals surface area contributed by atoms with Crippen molar-refractivity contribution in [1.29, 1.82) is 0 Å². The van der Waals surface area contributed by atoms with Crippen molar-refractivity contribution in [2.45, 2.75) is 0 Å². The Bertz CT molecular complexity index is 347. The van der Waals surface area contributed by atoms with Crippen LogP contribution in [0.4, 0.5) is 5.82 Å². The van der Waals surface area contributed by atoms with Gasteiger partial charge < -0.3 is 20.1 Å². The molecule has 88 valence electrons. The molecule has 1 aromatic rings. The van der Waals surface area contributed by atoms with E-state index in [4.69, 9.17) is 21.7 Å². The van der Waals surface area contributed by atoms with E-state index in [0.29, 0.717) is 29.8 Å². The second kappa shape index (κ2) is 6.97. The molecule has 0 saturated carbocycles. The summed E-state index contributed by atoms with van der Waals surface area (Å²) in [5, 5.41) is 6.43. The minimum Gasteiger partial charge on any atom is -0.493 e. The Morgan fingerprint density at radius 2 is 2.31 bits per heavy atom. The summed E-state index contributed by atoms with van der Waals surface area (Å²) >= 11 is 5.08. The molecule has 0 aromatic carbocycles. The van der Waals surface area contributed by atoms with Gasteiger partial charge in [0.15, 0.2) is 16.7 Å². The summed E-state index contributed by atoms with van der Waals surface area (Å²) in [6.07, 6.45) is 1.67. The molecule has 0 unspecified atom stereocenters. The van der Waals surface area contributed by atoms with E-state index in [9.17, 15) is 0 Å². The van der Waals surface area contributed by atoms with Gasteiger partial charge in [-0.25, -0.2) is 4.98 Å². The Hall–Kier alpha value is -1.40. The van der Waals surface area contributed by atoms with E-state index in [1.807, 2.05) is 6.07 Å². The molecule has 0 aliphatic heterocycles. The largest absolute Gasteiger partial charge is 0.493 e. The molecule has 0 amide bonds. The summed E-state index contributed by atoms with van der Waals surface area (Å²) in [4.78, 5) is 4.12. The van der Waals surface area contributed by atoms with Gasteiger partial charge in [0.05, 0.1) is 13.7 Å². The van der Waals surface area contributed by atoms with Gasteiger partial charge in [-0.15, -0.1) is 0 Å². The molecule has 0 radical (unpaired) electrons. The second-order valence-electron chi connectivity index (χ2n) is 2.93. The Kier molecular flexibility index (Phi) is 5.52. The summed E-state index contributed by atoms with van der Waals surface area (Å²) in [6.45, 7) is 1.25. The third-order valence-corrected chi connectivity index (χ3v) is 2.06. The fourth-order valence-electron chi connectivity index (χ4n) is 1.07. The fraction of sp³-hybridized carbons (Fsp3) is 0.400. The predicted octanol–water partition coefficient (Wildman–Crippen LogP) is 1.02. The first kappa shape index (κ1) is 12.7. The highest BCUT2D eigenvalue weighted by molar-refractivity contribution is 7.80. The van der Waals surface area contributed by atoms with Gasteiger partial charge in [0, 0.05) is 19.9 Å². The summed E-state index contributed by atoms with van der Waals surface area (Å²) in [7, 11) is 3.23.